The van der Waals surface area contributed by atoms with Crippen molar-refractivity contribution in [2.75, 3.05) is 13.1 Å². The third-order valence-electron chi connectivity index (χ3n) is 2.22. The molecule has 1 amide bonds. The van der Waals surface area contributed by atoms with Gasteiger partial charge in [-0.25, -0.2) is 0 Å². The lowest BCUT2D eigenvalue weighted by atomic mass is 10.1. The van der Waals surface area contributed by atoms with Gasteiger partial charge in [-0.1, -0.05) is 44.2 Å². The number of allylic oxidation sites excluding steroid dienone is 6. The van der Waals surface area contributed by atoms with Crippen LogP contribution in [0.1, 0.15) is 13.8 Å². The number of carbonyl (C=O) groups is 1. The van der Waals surface area contributed by atoms with Crippen molar-refractivity contribution in [2.45, 2.75) is 19.9 Å². The first-order valence-electron chi connectivity index (χ1n) is 5.93. The largest absolute Gasteiger partial charge is 0.351 e. The highest BCUT2D eigenvalue weighted by molar-refractivity contribution is 5.96. The zero-order chi connectivity index (χ0) is 12.5. The molecule has 0 bridgehead atoms. The van der Waals surface area contributed by atoms with E-state index >= 15 is 0 Å². The fourth-order valence-corrected chi connectivity index (χ4v) is 1.36. The van der Waals surface area contributed by atoms with Crippen molar-refractivity contribution < 1.29 is 4.79 Å². The van der Waals surface area contributed by atoms with Crippen LogP contribution in [-0.2, 0) is 4.79 Å². The third-order valence-corrected chi connectivity index (χ3v) is 2.22. The molecule has 1 rings (SSSR count). The Morgan fingerprint density at radius 1 is 1.12 bits per heavy atom. The maximum absolute atomic E-state index is 11.8. The van der Waals surface area contributed by atoms with Crippen LogP contribution in [0.3, 0.4) is 0 Å². The molecule has 1 aliphatic rings. The van der Waals surface area contributed by atoms with E-state index in [0.29, 0.717) is 18.2 Å². The van der Waals surface area contributed by atoms with Crippen molar-refractivity contribution >= 4 is 5.91 Å². The first-order chi connectivity index (χ1) is 8.20. The van der Waals surface area contributed by atoms with Crippen LogP contribution in [0.4, 0.5) is 0 Å². The van der Waals surface area contributed by atoms with Gasteiger partial charge in [-0.3, -0.25) is 4.79 Å². The number of amides is 1. The van der Waals surface area contributed by atoms with E-state index in [1.807, 2.05) is 42.5 Å². The molecular formula is C14H20N2O. The van der Waals surface area contributed by atoms with E-state index in [0.717, 1.165) is 6.54 Å². The minimum atomic E-state index is -0.0354. The van der Waals surface area contributed by atoms with Crippen LogP contribution >= 0.6 is 0 Å². The maximum atomic E-state index is 11.8. The molecule has 0 saturated heterocycles. The number of carbonyl (C=O) groups excluding carboxylic acids is 1. The lowest BCUT2D eigenvalue weighted by Crippen LogP contribution is -2.35. The van der Waals surface area contributed by atoms with Crippen molar-refractivity contribution in [1.82, 2.24) is 10.6 Å². The summed E-state index contributed by atoms with van der Waals surface area (Å²) < 4.78 is 0. The highest BCUT2D eigenvalue weighted by Gasteiger charge is 2.04. The van der Waals surface area contributed by atoms with Gasteiger partial charge in [0.1, 0.15) is 0 Å². The molecular weight excluding hydrogens is 212 g/mol. The first kappa shape index (κ1) is 13.5. The van der Waals surface area contributed by atoms with Gasteiger partial charge in [-0.05, 0) is 12.2 Å². The first-order valence-corrected chi connectivity index (χ1v) is 5.93. The van der Waals surface area contributed by atoms with Crippen LogP contribution < -0.4 is 10.6 Å². The second-order valence-corrected chi connectivity index (χ2v) is 4.12. The Morgan fingerprint density at radius 2 is 1.82 bits per heavy atom. The molecule has 0 aromatic carbocycles. The fraction of sp³-hybridized carbons (Fsp3) is 0.357. The van der Waals surface area contributed by atoms with Crippen LogP contribution in [0.2, 0.25) is 0 Å². The second kappa shape index (κ2) is 7.63. The molecule has 0 unspecified atom stereocenters. The molecule has 0 aromatic heterocycles. The van der Waals surface area contributed by atoms with Crippen LogP contribution in [-0.4, -0.2) is 25.0 Å². The van der Waals surface area contributed by atoms with Crippen LogP contribution in [0.5, 0.6) is 0 Å². The molecule has 1 aliphatic carbocycles. The number of hydrogen-bond acceptors (Lipinski definition) is 2. The molecule has 0 atom stereocenters. The smallest absolute Gasteiger partial charge is 0.251 e. The van der Waals surface area contributed by atoms with Gasteiger partial charge in [0.2, 0.25) is 0 Å². The summed E-state index contributed by atoms with van der Waals surface area (Å²) in [6, 6.07) is 0.445. The molecule has 0 aromatic rings. The summed E-state index contributed by atoms with van der Waals surface area (Å²) in [5.41, 5.74) is 0.676. The predicted octanol–water partition coefficient (Wildman–Crippen LogP) is 1.71. The fourth-order valence-electron chi connectivity index (χ4n) is 1.36. The molecule has 2 N–H and O–H groups in total. The SMILES string of the molecule is CC(C)NCCNC(=O)C1=C/C=C\C=C/C=C1. The van der Waals surface area contributed by atoms with Gasteiger partial charge in [0.05, 0.1) is 0 Å². The minimum Gasteiger partial charge on any atom is -0.351 e. The molecule has 0 saturated carbocycles. The summed E-state index contributed by atoms with van der Waals surface area (Å²) >= 11 is 0. The quantitative estimate of drug-likeness (QED) is 0.708. The molecule has 17 heavy (non-hydrogen) atoms. The van der Waals surface area contributed by atoms with E-state index in [1.54, 1.807) is 0 Å². The Labute approximate surface area is 103 Å². The van der Waals surface area contributed by atoms with Crippen molar-refractivity contribution in [3.8, 4) is 0 Å². The Hall–Kier alpha value is -1.61. The average molecular weight is 232 g/mol. The Morgan fingerprint density at radius 3 is 2.59 bits per heavy atom. The van der Waals surface area contributed by atoms with Gasteiger partial charge in [0.25, 0.3) is 5.91 Å². The molecule has 0 spiro atoms. The summed E-state index contributed by atoms with van der Waals surface area (Å²) in [4.78, 5) is 11.8. The van der Waals surface area contributed by atoms with E-state index in [1.165, 1.54) is 0 Å². The van der Waals surface area contributed by atoms with E-state index in [-0.39, 0.29) is 5.91 Å². The lowest BCUT2D eigenvalue weighted by molar-refractivity contribution is -0.117. The lowest BCUT2D eigenvalue weighted by Gasteiger charge is -2.09. The number of rotatable bonds is 5. The van der Waals surface area contributed by atoms with Gasteiger partial charge in [0, 0.05) is 24.7 Å². The van der Waals surface area contributed by atoms with E-state index in [9.17, 15) is 4.79 Å². The van der Waals surface area contributed by atoms with Crippen LogP contribution in [0.25, 0.3) is 0 Å². The van der Waals surface area contributed by atoms with E-state index < -0.39 is 0 Å². The zero-order valence-corrected chi connectivity index (χ0v) is 10.4. The van der Waals surface area contributed by atoms with E-state index in [2.05, 4.69) is 24.5 Å². The van der Waals surface area contributed by atoms with Crippen LogP contribution in [0.15, 0.2) is 48.1 Å². The Kier molecular flexibility index (Phi) is 6.04. The summed E-state index contributed by atoms with van der Waals surface area (Å²) in [7, 11) is 0. The van der Waals surface area contributed by atoms with Gasteiger partial charge in [-0.15, -0.1) is 0 Å². The minimum absolute atomic E-state index is 0.0354. The van der Waals surface area contributed by atoms with Gasteiger partial charge in [0.15, 0.2) is 0 Å². The van der Waals surface area contributed by atoms with Crippen molar-refractivity contribution in [1.29, 1.82) is 0 Å². The Bertz CT molecular complexity index is 362. The molecule has 0 radical (unpaired) electrons. The molecule has 0 fully saturated rings. The van der Waals surface area contributed by atoms with Gasteiger partial charge < -0.3 is 10.6 Å². The normalized spacial score (nSPS) is 18.2. The topological polar surface area (TPSA) is 41.1 Å². The summed E-state index contributed by atoms with van der Waals surface area (Å²) in [5, 5.41) is 6.13. The second-order valence-electron chi connectivity index (χ2n) is 4.12. The summed E-state index contributed by atoms with van der Waals surface area (Å²) in [6.07, 6.45) is 13.1. The number of nitrogens with one attached hydrogen (secondary N) is 2. The van der Waals surface area contributed by atoms with E-state index in [4.69, 9.17) is 0 Å². The summed E-state index contributed by atoms with van der Waals surface area (Å²) in [6.45, 7) is 5.59. The monoisotopic (exact) mass is 232 g/mol. The van der Waals surface area contributed by atoms with Crippen molar-refractivity contribution in [3.05, 3.63) is 48.1 Å². The zero-order valence-electron chi connectivity index (χ0n) is 10.4. The standard InChI is InChI=1S/C14H20N2O/c1-12(2)15-10-11-16-14(17)13-8-6-4-3-5-7-9-13/h3-9,12,15H,10-11H2,1-2H3,(H,16,17)/b4-3-,5-3?,6-4?,7-5-,8-6?,9-7?,13-8?,13-9?. The highest BCUT2D eigenvalue weighted by Crippen LogP contribution is 2.01. The molecule has 0 aliphatic heterocycles. The van der Waals surface area contributed by atoms with Crippen LogP contribution in [0, 0.1) is 0 Å². The molecule has 3 nitrogen and oxygen atoms in total. The third kappa shape index (κ3) is 5.88. The van der Waals surface area contributed by atoms with Crippen molar-refractivity contribution in [3.63, 3.8) is 0 Å². The van der Waals surface area contributed by atoms with Gasteiger partial charge >= 0.3 is 0 Å². The molecule has 0 heterocycles. The average Bonchev–Trinajstić information content (AvgIpc) is 2.23. The van der Waals surface area contributed by atoms with Gasteiger partial charge in [-0.2, -0.15) is 0 Å². The predicted molar refractivity (Wildman–Crippen MR) is 71.7 cm³/mol. The Balaban J connectivity index is 2.36. The van der Waals surface area contributed by atoms with Crippen molar-refractivity contribution in [2.24, 2.45) is 0 Å². The summed E-state index contributed by atoms with van der Waals surface area (Å²) in [5.74, 6) is -0.0354. The molecule has 3 heteroatoms. The maximum Gasteiger partial charge on any atom is 0.251 e. The highest BCUT2D eigenvalue weighted by atomic mass is 16.1. The molecule has 92 valence electrons. The number of hydrogen-bond donors (Lipinski definition) is 2.